The van der Waals surface area contributed by atoms with E-state index in [0.29, 0.717) is 44.3 Å². The maximum absolute atomic E-state index is 13.7. The summed E-state index contributed by atoms with van der Waals surface area (Å²) in [5, 5.41) is 21.2. The van der Waals surface area contributed by atoms with Gasteiger partial charge in [0.25, 0.3) is 5.78 Å². The molecular formula is C34H34ClN3O5S2. The Morgan fingerprint density at radius 2 is 1.84 bits per heavy atom. The van der Waals surface area contributed by atoms with Crippen molar-refractivity contribution in [2.75, 3.05) is 18.6 Å². The van der Waals surface area contributed by atoms with Gasteiger partial charge in [-0.2, -0.15) is 0 Å². The highest BCUT2D eigenvalue weighted by Gasteiger charge is 2.48. The molecule has 1 aliphatic heterocycles. The molecule has 4 aromatic rings. The number of aliphatic hydroxyl groups is 1. The second-order valence-corrected chi connectivity index (χ2v) is 13.3. The summed E-state index contributed by atoms with van der Waals surface area (Å²) in [6, 6.07) is 17.5. The molecule has 2 heterocycles. The molecule has 0 bridgehead atoms. The van der Waals surface area contributed by atoms with E-state index in [1.54, 1.807) is 24.3 Å². The summed E-state index contributed by atoms with van der Waals surface area (Å²) < 4.78 is 12.3. The van der Waals surface area contributed by atoms with Gasteiger partial charge in [0.05, 0.1) is 25.3 Å². The Morgan fingerprint density at radius 1 is 1.04 bits per heavy atom. The number of methoxy groups -OCH3 is 1. The minimum atomic E-state index is -0.984. The number of hydrogen-bond donors (Lipinski definition) is 1. The summed E-state index contributed by atoms with van der Waals surface area (Å²) >= 11 is 8.96. The van der Waals surface area contributed by atoms with Crippen molar-refractivity contribution in [3.8, 4) is 11.5 Å². The lowest BCUT2D eigenvalue weighted by Gasteiger charge is -2.23. The fourth-order valence-electron chi connectivity index (χ4n) is 5.10. The van der Waals surface area contributed by atoms with Gasteiger partial charge in [0, 0.05) is 16.3 Å². The second kappa shape index (κ2) is 14.5. The van der Waals surface area contributed by atoms with Gasteiger partial charge >= 0.3 is 5.91 Å². The number of halogens is 1. The number of rotatable bonds is 12. The Labute approximate surface area is 276 Å². The van der Waals surface area contributed by atoms with Crippen LogP contribution in [-0.4, -0.2) is 40.7 Å². The molecule has 234 valence electrons. The molecular weight excluding hydrogens is 630 g/mol. The first-order valence-corrected chi connectivity index (χ1v) is 16.8. The highest BCUT2D eigenvalue weighted by molar-refractivity contribution is 8.00. The number of hydrogen-bond acceptors (Lipinski definition) is 9. The fourth-order valence-corrected chi connectivity index (χ4v) is 7.26. The molecule has 1 fully saturated rings. The molecule has 1 N–H and O–H groups in total. The summed E-state index contributed by atoms with van der Waals surface area (Å²) in [5.74, 6) is -0.298. The molecule has 0 radical (unpaired) electrons. The van der Waals surface area contributed by atoms with Crippen LogP contribution in [0.15, 0.2) is 70.6 Å². The lowest BCUT2D eigenvalue weighted by molar-refractivity contribution is -0.132. The quantitative estimate of drug-likeness (QED) is 0.0403. The number of thioether (sulfide) groups is 1. The molecule has 0 saturated carbocycles. The average molecular weight is 664 g/mol. The van der Waals surface area contributed by atoms with Gasteiger partial charge < -0.3 is 14.6 Å². The van der Waals surface area contributed by atoms with Crippen molar-refractivity contribution in [1.29, 1.82) is 0 Å². The Kier molecular flexibility index (Phi) is 10.5. The predicted octanol–water partition coefficient (Wildman–Crippen LogP) is 8.30. The zero-order chi connectivity index (χ0) is 32.1. The van der Waals surface area contributed by atoms with E-state index in [0.717, 1.165) is 36.0 Å². The maximum Gasteiger partial charge on any atom is 0.301 e. The maximum atomic E-state index is 13.7. The number of anilines is 1. The highest BCUT2D eigenvalue weighted by Crippen LogP contribution is 2.46. The van der Waals surface area contributed by atoms with E-state index in [1.807, 2.05) is 50.2 Å². The van der Waals surface area contributed by atoms with E-state index in [-0.39, 0.29) is 16.5 Å². The number of amides is 1. The zero-order valence-corrected chi connectivity index (χ0v) is 27.9. The van der Waals surface area contributed by atoms with Crippen LogP contribution in [0.1, 0.15) is 60.0 Å². The number of aryl methyl sites for hydroxylation is 2. The minimum absolute atomic E-state index is 0.0344. The first-order chi connectivity index (χ1) is 21.7. The van der Waals surface area contributed by atoms with Crippen molar-refractivity contribution in [1.82, 2.24) is 10.2 Å². The number of benzene rings is 3. The molecule has 1 amide bonds. The third-order valence-electron chi connectivity index (χ3n) is 7.51. The predicted molar refractivity (Wildman–Crippen MR) is 180 cm³/mol. The number of carbonyl (C=O) groups excluding carboxylic acids is 2. The Bertz CT molecular complexity index is 1760. The van der Waals surface area contributed by atoms with Gasteiger partial charge in [-0.05, 0) is 61.2 Å². The van der Waals surface area contributed by atoms with Crippen LogP contribution in [0.3, 0.4) is 0 Å². The molecule has 5 rings (SSSR count). The van der Waals surface area contributed by atoms with Crippen molar-refractivity contribution >= 4 is 57.3 Å². The van der Waals surface area contributed by atoms with Gasteiger partial charge in [0.2, 0.25) is 5.13 Å². The van der Waals surface area contributed by atoms with E-state index < -0.39 is 17.7 Å². The van der Waals surface area contributed by atoms with Gasteiger partial charge in [-0.1, -0.05) is 96.4 Å². The summed E-state index contributed by atoms with van der Waals surface area (Å²) in [6.45, 7) is 6.41. The first kappa shape index (κ1) is 32.5. The Balaban J connectivity index is 1.57. The number of unbranched alkanes of at least 4 members (excludes halogenated alkanes) is 2. The third kappa shape index (κ3) is 7.03. The Hall–Kier alpha value is -3.86. The monoisotopic (exact) mass is 663 g/mol. The van der Waals surface area contributed by atoms with Gasteiger partial charge in [-0.3, -0.25) is 14.5 Å². The molecule has 1 aromatic heterocycles. The number of aliphatic hydroxyl groups excluding tert-OH is 1. The highest BCUT2D eigenvalue weighted by atomic mass is 35.5. The van der Waals surface area contributed by atoms with Crippen molar-refractivity contribution in [2.45, 2.75) is 56.2 Å². The molecule has 8 nitrogen and oxygen atoms in total. The van der Waals surface area contributed by atoms with Crippen LogP contribution < -0.4 is 14.4 Å². The van der Waals surface area contributed by atoms with Crippen LogP contribution >= 0.6 is 34.7 Å². The molecule has 0 spiro atoms. The number of aromatic nitrogens is 2. The largest absolute Gasteiger partial charge is 0.507 e. The molecule has 1 saturated heterocycles. The number of ketones is 1. The van der Waals surface area contributed by atoms with E-state index in [2.05, 4.69) is 17.1 Å². The molecule has 11 heteroatoms. The third-order valence-corrected chi connectivity index (χ3v) is 9.99. The van der Waals surface area contributed by atoms with Crippen molar-refractivity contribution < 1.29 is 24.2 Å². The van der Waals surface area contributed by atoms with Crippen LogP contribution in [0, 0.1) is 13.8 Å². The van der Waals surface area contributed by atoms with Crippen LogP contribution in [0.2, 0.25) is 5.02 Å². The Morgan fingerprint density at radius 3 is 2.60 bits per heavy atom. The van der Waals surface area contributed by atoms with Crippen LogP contribution in [-0.2, 0) is 15.3 Å². The summed E-state index contributed by atoms with van der Waals surface area (Å²) in [7, 11) is 1.54. The minimum Gasteiger partial charge on any atom is -0.507 e. The molecule has 0 aliphatic carbocycles. The van der Waals surface area contributed by atoms with Gasteiger partial charge in [-0.15, -0.1) is 10.2 Å². The van der Waals surface area contributed by atoms with Crippen molar-refractivity contribution in [2.24, 2.45) is 0 Å². The number of ether oxygens (including phenoxy) is 2. The summed E-state index contributed by atoms with van der Waals surface area (Å²) in [5.41, 5.74) is 3.62. The second-order valence-electron chi connectivity index (χ2n) is 10.7. The number of carbonyl (C=O) groups is 2. The van der Waals surface area contributed by atoms with Crippen LogP contribution in [0.4, 0.5) is 5.13 Å². The normalized spacial score (nSPS) is 15.9. The molecule has 1 aliphatic rings. The van der Waals surface area contributed by atoms with Gasteiger partial charge in [-0.25, -0.2) is 0 Å². The average Bonchev–Trinajstić information content (AvgIpc) is 3.61. The van der Waals surface area contributed by atoms with E-state index in [1.165, 1.54) is 35.1 Å². The lowest BCUT2D eigenvalue weighted by Crippen LogP contribution is -2.29. The standard InChI is InChI=1S/C34H34ClN3O5S2/c1-5-6-9-16-43-26-15-14-22(18-27(26)42-4)29-28(30(39)24-17-20(2)12-13-21(24)3)31(40)32(41)38(29)33-36-37-34(45-33)44-19-23-10-7-8-11-25(23)35/h7-8,10-15,17-18,29,39H,5-6,9,16,19H2,1-4H3. The fraction of sp³-hybridized carbons (Fsp3) is 0.294. The van der Waals surface area contributed by atoms with E-state index in [4.69, 9.17) is 21.1 Å². The smallest absolute Gasteiger partial charge is 0.301 e. The van der Waals surface area contributed by atoms with Gasteiger partial charge in [0.15, 0.2) is 15.8 Å². The molecule has 1 unspecified atom stereocenters. The lowest BCUT2D eigenvalue weighted by atomic mass is 9.93. The SMILES string of the molecule is CCCCCOc1ccc(C2C(=C(O)c3cc(C)ccc3C)C(=O)C(=O)N2c2nnc(SCc3ccccc3Cl)s2)cc1OC. The van der Waals surface area contributed by atoms with Crippen LogP contribution in [0.25, 0.3) is 5.76 Å². The number of Topliss-reactive ketones (excluding diaryl/α,β-unsaturated/α-hetero) is 1. The van der Waals surface area contributed by atoms with Crippen LogP contribution in [0.5, 0.6) is 11.5 Å². The topological polar surface area (TPSA) is 102 Å². The summed E-state index contributed by atoms with van der Waals surface area (Å²) in [6.07, 6.45) is 3.03. The number of nitrogens with zero attached hydrogens (tertiary/aromatic N) is 3. The van der Waals surface area contributed by atoms with E-state index in [9.17, 15) is 14.7 Å². The van der Waals surface area contributed by atoms with Crippen molar-refractivity contribution in [3.05, 3.63) is 99.1 Å². The first-order valence-electron chi connectivity index (χ1n) is 14.6. The van der Waals surface area contributed by atoms with Gasteiger partial charge in [0.1, 0.15) is 5.76 Å². The van der Waals surface area contributed by atoms with Crippen molar-refractivity contribution in [3.63, 3.8) is 0 Å². The molecule has 1 atom stereocenters. The van der Waals surface area contributed by atoms with E-state index >= 15 is 0 Å². The zero-order valence-electron chi connectivity index (χ0n) is 25.5. The molecule has 45 heavy (non-hydrogen) atoms. The molecule has 3 aromatic carbocycles. The summed E-state index contributed by atoms with van der Waals surface area (Å²) in [4.78, 5) is 28.8.